The lowest BCUT2D eigenvalue weighted by molar-refractivity contribution is 0.439. The van der Waals surface area contributed by atoms with Gasteiger partial charge in [-0.2, -0.15) is 0 Å². The summed E-state index contributed by atoms with van der Waals surface area (Å²) in [5.41, 5.74) is 4.67. The van der Waals surface area contributed by atoms with Crippen molar-refractivity contribution < 1.29 is 0 Å². The highest BCUT2D eigenvalue weighted by molar-refractivity contribution is 6.14. The van der Waals surface area contributed by atoms with Gasteiger partial charge in [0.1, 0.15) is 0 Å². The van der Waals surface area contributed by atoms with Gasteiger partial charge in [0.15, 0.2) is 0 Å². The van der Waals surface area contributed by atoms with Gasteiger partial charge in [-0.05, 0) is 41.2 Å². The molecule has 116 valence electrons. The van der Waals surface area contributed by atoms with Crippen molar-refractivity contribution in [2.75, 3.05) is 0 Å². The van der Waals surface area contributed by atoms with Gasteiger partial charge in [0.25, 0.3) is 0 Å². The van der Waals surface area contributed by atoms with Crippen LogP contribution in [0, 0.1) is 11.3 Å². The van der Waals surface area contributed by atoms with E-state index in [0.29, 0.717) is 5.92 Å². The molecule has 0 aromatic heterocycles. The van der Waals surface area contributed by atoms with E-state index in [0.717, 1.165) is 12.1 Å². The monoisotopic (exact) mass is 301 g/mol. The van der Waals surface area contributed by atoms with Crippen LogP contribution in [0.15, 0.2) is 54.6 Å². The topological polar surface area (TPSA) is 23.9 Å². The second-order valence-electron chi connectivity index (χ2n) is 6.78. The molecule has 0 radical (unpaired) electrons. The fourth-order valence-corrected chi connectivity index (χ4v) is 4.07. The molecule has 2 aliphatic rings. The zero-order valence-corrected chi connectivity index (χ0v) is 13.5. The lowest BCUT2D eigenvalue weighted by atomic mass is 9.80. The summed E-state index contributed by atoms with van der Waals surface area (Å²) in [7, 11) is 0. The number of hydrogen-bond acceptors (Lipinski definition) is 1. The van der Waals surface area contributed by atoms with E-state index in [1.165, 1.54) is 59.6 Å². The number of rotatable bonds is 3. The van der Waals surface area contributed by atoms with Crippen molar-refractivity contribution in [3.05, 3.63) is 65.8 Å². The van der Waals surface area contributed by atoms with Gasteiger partial charge in [0.2, 0.25) is 0 Å². The molecule has 0 heterocycles. The van der Waals surface area contributed by atoms with Crippen LogP contribution < -0.4 is 0 Å². The zero-order valence-electron chi connectivity index (χ0n) is 13.5. The van der Waals surface area contributed by atoms with Crippen molar-refractivity contribution in [2.24, 2.45) is 5.92 Å². The van der Waals surface area contributed by atoms with Crippen LogP contribution in [0.1, 0.15) is 49.7 Å². The van der Waals surface area contributed by atoms with E-state index in [-0.39, 0.29) is 0 Å². The number of fused-ring (bicyclic) bond motifs is 1. The quantitative estimate of drug-likeness (QED) is 0.659. The van der Waals surface area contributed by atoms with E-state index in [2.05, 4.69) is 54.6 Å². The molecule has 4 rings (SSSR count). The summed E-state index contributed by atoms with van der Waals surface area (Å²) in [6.07, 6.45) is 13.8. The Morgan fingerprint density at radius 3 is 2.57 bits per heavy atom. The third kappa shape index (κ3) is 2.65. The molecule has 0 unspecified atom stereocenters. The van der Waals surface area contributed by atoms with Gasteiger partial charge < -0.3 is 5.41 Å². The molecule has 0 saturated heterocycles. The molecule has 1 fully saturated rings. The maximum atomic E-state index is 8.96. The molecule has 0 atom stereocenters. The summed E-state index contributed by atoms with van der Waals surface area (Å²) in [5, 5.41) is 11.5. The van der Waals surface area contributed by atoms with Crippen molar-refractivity contribution >= 4 is 22.1 Å². The minimum atomic E-state index is 0.434. The molecular weight excluding hydrogens is 278 g/mol. The van der Waals surface area contributed by atoms with Crippen LogP contribution in [0.3, 0.4) is 0 Å². The second-order valence-corrected chi connectivity index (χ2v) is 6.78. The first-order chi connectivity index (χ1) is 11.3. The van der Waals surface area contributed by atoms with E-state index < -0.39 is 0 Å². The van der Waals surface area contributed by atoms with Crippen molar-refractivity contribution in [2.45, 2.75) is 38.5 Å². The lowest BCUT2D eigenvalue weighted by Crippen LogP contribution is -2.19. The summed E-state index contributed by atoms with van der Waals surface area (Å²) < 4.78 is 0. The molecular formula is C22H23N. The summed E-state index contributed by atoms with van der Waals surface area (Å²) in [6, 6.07) is 13.0. The van der Waals surface area contributed by atoms with Crippen molar-refractivity contribution in [1.29, 1.82) is 5.41 Å². The first-order valence-electron chi connectivity index (χ1n) is 8.81. The Morgan fingerprint density at radius 1 is 0.957 bits per heavy atom. The van der Waals surface area contributed by atoms with E-state index in [4.69, 9.17) is 5.41 Å². The molecule has 0 aliphatic heterocycles. The summed E-state index contributed by atoms with van der Waals surface area (Å²) in [5.74, 6) is 0.434. The number of nitrogens with one attached hydrogen (secondary N) is 1. The van der Waals surface area contributed by atoms with Crippen molar-refractivity contribution in [1.82, 2.24) is 0 Å². The molecule has 2 aromatic rings. The summed E-state index contributed by atoms with van der Waals surface area (Å²) >= 11 is 0. The maximum absolute atomic E-state index is 8.96. The summed E-state index contributed by atoms with van der Waals surface area (Å²) in [4.78, 5) is 0. The number of benzene rings is 2. The minimum Gasteiger partial charge on any atom is -0.304 e. The number of allylic oxidation sites excluding steroid dienone is 4. The predicted molar refractivity (Wildman–Crippen MR) is 99.1 cm³/mol. The standard InChI is InChI=1S/C22H23N/c23-22(18-11-2-1-3-12-18)21-19-13-7-6-10-17(19)14-15-20(21)16-8-4-5-9-16/h4-8,10,13-15,18,23H,1-3,9,11-12H2. The molecule has 1 heteroatoms. The minimum absolute atomic E-state index is 0.434. The Hall–Kier alpha value is -2.15. The Labute approximate surface area is 138 Å². The highest BCUT2D eigenvalue weighted by atomic mass is 14.5. The maximum Gasteiger partial charge on any atom is 0.0429 e. The highest BCUT2D eigenvalue weighted by Gasteiger charge is 2.23. The third-order valence-electron chi connectivity index (χ3n) is 5.33. The molecule has 0 amide bonds. The van der Waals surface area contributed by atoms with Crippen molar-refractivity contribution in [3.63, 3.8) is 0 Å². The van der Waals surface area contributed by atoms with Crippen LogP contribution in [-0.2, 0) is 0 Å². The molecule has 1 N–H and O–H groups in total. The van der Waals surface area contributed by atoms with Gasteiger partial charge >= 0.3 is 0 Å². The Kier molecular flexibility index (Phi) is 3.87. The van der Waals surface area contributed by atoms with Gasteiger partial charge in [0, 0.05) is 17.2 Å². The zero-order chi connectivity index (χ0) is 15.6. The normalized spacial score (nSPS) is 18.3. The van der Waals surface area contributed by atoms with Crippen LogP contribution in [-0.4, -0.2) is 5.71 Å². The van der Waals surface area contributed by atoms with Gasteiger partial charge in [0.05, 0.1) is 0 Å². The van der Waals surface area contributed by atoms with E-state index >= 15 is 0 Å². The van der Waals surface area contributed by atoms with E-state index in [9.17, 15) is 0 Å². The van der Waals surface area contributed by atoms with Crippen LogP contribution >= 0.6 is 0 Å². The average Bonchev–Trinajstić information content (AvgIpc) is 3.15. The molecule has 1 saturated carbocycles. The lowest BCUT2D eigenvalue weighted by Gasteiger charge is -2.25. The Bertz CT molecular complexity index is 804. The van der Waals surface area contributed by atoms with Gasteiger partial charge in [-0.25, -0.2) is 0 Å². The predicted octanol–water partition coefficient (Wildman–Crippen LogP) is 6.13. The SMILES string of the molecule is N=C(c1c(C2=CC=CC2)ccc2ccccc12)C1CCCCC1. The molecule has 2 aromatic carbocycles. The average molecular weight is 301 g/mol. The van der Waals surface area contributed by atoms with Crippen molar-refractivity contribution in [3.8, 4) is 0 Å². The second kappa shape index (κ2) is 6.16. The van der Waals surface area contributed by atoms with Gasteiger partial charge in [-0.3, -0.25) is 0 Å². The molecule has 0 bridgehead atoms. The van der Waals surface area contributed by atoms with Gasteiger partial charge in [-0.1, -0.05) is 73.9 Å². The first kappa shape index (κ1) is 14.4. The smallest absolute Gasteiger partial charge is 0.0429 e. The van der Waals surface area contributed by atoms with Crippen LogP contribution in [0.25, 0.3) is 16.3 Å². The van der Waals surface area contributed by atoms with Gasteiger partial charge in [-0.15, -0.1) is 0 Å². The highest BCUT2D eigenvalue weighted by Crippen LogP contribution is 2.35. The summed E-state index contributed by atoms with van der Waals surface area (Å²) in [6.45, 7) is 0. The van der Waals surface area contributed by atoms with Crippen LogP contribution in [0.5, 0.6) is 0 Å². The van der Waals surface area contributed by atoms with E-state index in [1.54, 1.807) is 0 Å². The fourth-order valence-electron chi connectivity index (χ4n) is 4.07. The fraction of sp³-hybridized carbons (Fsp3) is 0.318. The third-order valence-corrected chi connectivity index (χ3v) is 5.33. The molecule has 1 nitrogen and oxygen atoms in total. The molecule has 2 aliphatic carbocycles. The molecule has 23 heavy (non-hydrogen) atoms. The largest absolute Gasteiger partial charge is 0.304 e. The van der Waals surface area contributed by atoms with Crippen LogP contribution in [0.2, 0.25) is 0 Å². The Balaban J connectivity index is 1.87. The number of hydrogen-bond donors (Lipinski definition) is 1. The van der Waals surface area contributed by atoms with E-state index in [1.807, 2.05) is 0 Å². The molecule has 0 spiro atoms. The first-order valence-corrected chi connectivity index (χ1v) is 8.81. The van der Waals surface area contributed by atoms with Crippen LogP contribution in [0.4, 0.5) is 0 Å². The Morgan fingerprint density at radius 2 is 1.78 bits per heavy atom.